The summed E-state index contributed by atoms with van der Waals surface area (Å²) in [7, 11) is 0. The summed E-state index contributed by atoms with van der Waals surface area (Å²) in [5, 5.41) is 5.61. The van der Waals surface area contributed by atoms with Crippen LogP contribution in [-0.2, 0) is 0 Å². The molecule has 4 aromatic rings. The summed E-state index contributed by atoms with van der Waals surface area (Å²) < 4.78 is 6.15. The first kappa shape index (κ1) is 16.7. The minimum Gasteiger partial charge on any atom is -0.422 e. The number of rotatable bonds is 3. The van der Waals surface area contributed by atoms with Crippen LogP contribution in [0.4, 0.5) is 5.13 Å². The average molecular weight is 427 g/mol. The number of hydrogen-bond donors (Lipinski definition) is 1. The van der Waals surface area contributed by atoms with Crippen LogP contribution in [-0.4, -0.2) is 10.9 Å². The smallest absolute Gasteiger partial charge is 0.349 e. The van der Waals surface area contributed by atoms with Gasteiger partial charge in [-0.15, -0.1) is 11.3 Å². The van der Waals surface area contributed by atoms with Gasteiger partial charge in [0.05, 0.1) is 5.69 Å². The molecule has 128 valence electrons. The molecule has 0 radical (unpaired) electrons. The van der Waals surface area contributed by atoms with Crippen LogP contribution in [0.1, 0.15) is 10.4 Å². The van der Waals surface area contributed by atoms with Crippen LogP contribution in [0.2, 0.25) is 0 Å². The monoisotopic (exact) mass is 426 g/mol. The lowest BCUT2D eigenvalue weighted by molar-refractivity contribution is 0.102. The van der Waals surface area contributed by atoms with E-state index in [0.717, 1.165) is 15.7 Å². The standard InChI is InChI=1S/C19H11BrN2O3S/c20-13-6-3-5-11(8-13)15-10-26-19(21-15)22-17(23)14-9-12-4-1-2-7-16(12)25-18(14)24/h1-10H,(H,21,22,23). The van der Waals surface area contributed by atoms with E-state index in [1.165, 1.54) is 17.4 Å². The third kappa shape index (κ3) is 3.31. The summed E-state index contributed by atoms with van der Waals surface area (Å²) in [5.41, 5.74) is 1.40. The first-order valence-corrected chi connectivity index (χ1v) is 9.33. The van der Waals surface area contributed by atoms with Crippen molar-refractivity contribution in [2.75, 3.05) is 5.32 Å². The Morgan fingerprint density at radius 3 is 2.81 bits per heavy atom. The highest BCUT2D eigenvalue weighted by Gasteiger charge is 2.15. The van der Waals surface area contributed by atoms with Crippen molar-refractivity contribution in [1.82, 2.24) is 4.98 Å². The molecule has 0 atom stereocenters. The maximum absolute atomic E-state index is 12.5. The van der Waals surface area contributed by atoms with E-state index in [1.54, 1.807) is 18.2 Å². The third-order valence-corrected chi connectivity index (χ3v) is 4.98. The van der Waals surface area contributed by atoms with Crippen LogP contribution in [0.5, 0.6) is 0 Å². The lowest BCUT2D eigenvalue weighted by Crippen LogP contribution is -2.20. The Morgan fingerprint density at radius 1 is 1.12 bits per heavy atom. The molecule has 0 aliphatic carbocycles. The molecule has 1 amide bonds. The van der Waals surface area contributed by atoms with Crippen molar-refractivity contribution in [1.29, 1.82) is 0 Å². The van der Waals surface area contributed by atoms with Crippen molar-refractivity contribution in [3.8, 4) is 11.3 Å². The molecule has 2 heterocycles. The lowest BCUT2D eigenvalue weighted by atomic mass is 10.2. The van der Waals surface area contributed by atoms with Crippen molar-refractivity contribution in [2.24, 2.45) is 0 Å². The maximum Gasteiger partial charge on any atom is 0.349 e. The van der Waals surface area contributed by atoms with Crippen LogP contribution < -0.4 is 10.9 Å². The Kier molecular flexibility index (Phi) is 4.40. The number of halogens is 1. The van der Waals surface area contributed by atoms with Crippen molar-refractivity contribution in [2.45, 2.75) is 0 Å². The number of thiazole rings is 1. The van der Waals surface area contributed by atoms with Gasteiger partial charge in [-0.05, 0) is 24.3 Å². The zero-order valence-electron chi connectivity index (χ0n) is 13.2. The van der Waals surface area contributed by atoms with E-state index in [1.807, 2.05) is 35.7 Å². The number of para-hydroxylation sites is 1. The second-order valence-electron chi connectivity index (χ2n) is 5.49. The number of carbonyl (C=O) groups is 1. The maximum atomic E-state index is 12.5. The Bertz CT molecular complexity index is 1180. The predicted octanol–water partition coefficient (Wildman–Crippen LogP) is 4.93. The molecule has 0 fully saturated rings. The molecule has 0 aliphatic heterocycles. The number of hydrogen-bond acceptors (Lipinski definition) is 5. The molecule has 2 aromatic heterocycles. The molecule has 1 N–H and O–H groups in total. The summed E-state index contributed by atoms with van der Waals surface area (Å²) >= 11 is 4.72. The first-order chi connectivity index (χ1) is 12.6. The third-order valence-electron chi connectivity index (χ3n) is 3.73. The van der Waals surface area contributed by atoms with Gasteiger partial charge in [0.2, 0.25) is 0 Å². The quantitative estimate of drug-likeness (QED) is 0.471. The highest BCUT2D eigenvalue weighted by Crippen LogP contribution is 2.27. The zero-order valence-corrected chi connectivity index (χ0v) is 15.6. The predicted molar refractivity (Wildman–Crippen MR) is 106 cm³/mol. The van der Waals surface area contributed by atoms with Crippen molar-refractivity contribution in [3.05, 3.63) is 80.4 Å². The van der Waals surface area contributed by atoms with Crippen molar-refractivity contribution < 1.29 is 9.21 Å². The van der Waals surface area contributed by atoms with E-state index in [4.69, 9.17) is 4.42 Å². The van der Waals surface area contributed by atoms with Gasteiger partial charge >= 0.3 is 5.63 Å². The van der Waals surface area contributed by atoms with Crippen LogP contribution >= 0.6 is 27.3 Å². The van der Waals surface area contributed by atoms with Gasteiger partial charge in [0.15, 0.2) is 5.13 Å². The molecule has 0 unspecified atom stereocenters. The van der Waals surface area contributed by atoms with E-state index in [9.17, 15) is 9.59 Å². The van der Waals surface area contributed by atoms with Gasteiger partial charge in [0, 0.05) is 20.8 Å². The van der Waals surface area contributed by atoms with Gasteiger partial charge in [-0.1, -0.05) is 46.3 Å². The molecule has 0 saturated carbocycles. The molecule has 7 heteroatoms. The largest absolute Gasteiger partial charge is 0.422 e. The van der Waals surface area contributed by atoms with Crippen molar-refractivity contribution in [3.63, 3.8) is 0 Å². The summed E-state index contributed by atoms with van der Waals surface area (Å²) in [6.45, 7) is 0. The molecule has 0 bridgehead atoms. The normalized spacial score (nSPS) is 10.8. The number of fused-ring (bicyclic) bond motifs is 1. The van der Waals surface area contributed by atoms with Gasteiger partial charge < -0.3 is 4.42 Å². The van der Waals surface area contributed by atoms with Gasteiger partial charge in [0.25, 0.3) is 5.91 Å². The summed E-state index contributed by atoms with van der Waals surface area (Å²) in [5.74, 6) is -0.542. The molecular formula is C19H11BrN2O3S. The number of amides is 1. The van der Waals surface area contributed by atoms with Gasteiger partial charge in [-0.3, -0.25) is 10.1 Å². The van der Waals surface area contributed by atoms with E-state index in [2.05, 4.69) is 26.2 Å². The lowest BCUT2D eigenvalue weighted by Gasteiger charge is -2.02. The topological polar surface area (TPSA) is 72.2 Å². The SMILES string of the molecule is O=C(Nc1nc(-c2cccc(Br)c2)cs1)c1cc2ccccc2oc1=O. The number of nitrogens with zero attached hydrogens (tertiary/aromatic N) is 1. The molecular weight excluding hydrogens is 416 g/mol. The van der Waals surface area contributed by atoms with Crippen LogP contribution in [0.3, 0.4) is 0 Å². The number of carbonyl (C=O) groups excluding carboxylic acids is 1. The summed E-state index contributed by atoms with van der Waals surface area (Å²) in [6.07, 6.45) is 0. The van der Waals surface area contributed by atoms with Gasteiger partial charge in [-0.25, -0.2) is 9.78 Å². The van der Waals surface area contributed by atoms with Gasteiger partial charge in [-0.2, -0.15) is 0 Å². The molecule has 4 rings (SSSR count). The summed E-state index contributed by atoms with van der Waals surface area (Å²) in [4.78, 5) is 29.0. The molecule has 0 spiro atoms. The molecule has 26 heavy (non-hydrogen) atoms. The molecule has 0 aliphatic rings. The van der Waals surface area contributed by atoms with Crippen LogP contribution in [0.15, 0.2) is 73.7 Å². The van der Waals surface area contributed by atoms with E-state index in [-0.39, 0.29) is 5.56 Å². The second-order valence-corrected chi connectivity index (χ2v) is 7.26. The first-order valence-electron chi connectivity index (χ1n) is 7.66. The minimum atomic E-state index is -0.676. The van der Waals surface area contributed by atoms with Crippen molar-refractivity contribution >= 4 is 49.3 Å². The molecule has 5 nitrogen and oxygen atoms in total. The highest BCUT2D eigenvalue weighted by molar-refractivity contribution is 9.10. The number of anilines is 1. The van der Waals surface area contributed by atoms with Gasteiger partial charge in [0.1, 0.15) is 11.1 Å². The Balaban J connectivity index is 1.61. The fourth-order valence-corrected chi connectivity index (χ4v) is 3.61. The Hall–Kier alpha value is -2.77. The molecule has 0 saturated heterocycles. The van der Waals surface area contributed by atoms with E-state index < -0.39 is 11.5 Å². The fraction of sp³-hybridized carbons (Fsp3) is 0. The Labute approximate surface area is 160 Å². The average Bonchev–Trinajstić information content (AvgIpc) is 3.09. The number of benzene rings is 2. The van der Waals surface area contributed by atoms with E-state index >= 15 is 0 Å². The van der Waals surface area contributed by atoms with Crippen LogP contribution in [0.25, 0.3) is 22.2 Å². The Morgan fingerprint density at radius 2 is 1.96 bits per heavy atom. The number of aromatic nitrogens is 1. The minimum absolute atomic E-state index is 0.0529. The van der Waals surface area contributed by atoms with Crippen LogP contribution in [0, 0.1) is 0 Å². The second kappa shape index (κ2) is 6.86. The van der Waals surface area contributed by atoms with E-state index in [0.29, 0.717) is 16.1 Å². The molecule has 2 aromatic carbocycles. The highest BCUT2D eigenvalue weighted by atomic mass is 79.9. The zero-order chi connectivity index (χ0) is 18.1. The summed E-state index contributed by atoms with van der Waals surface area (Å²) in [6, 6.07) is 16.3. The number of nitrogens with one attached hydrogen (secondary N) is 1. The fourth-order valence-electron chi connectivity index (χ4n) is 2.50.